The average Bonchev–Trinajstić information content (AvgIpc) is 2.40. The van der Waals surface area contributed by atoms with Gasteiger partial charge in [-0.1, -0.05) is 35.9 Å². The molecule has 1 aliphatic carbocycles. The predicted octanol–water partition coefficient (Wildman–Crippen LogP) is 3.10. The Morgan fingerprint density at radius 3 is 2.63 bits per heavy atom. The summed E-state index contributed by atoms with van der Waals surface area (Å²) < 4.78 is 0. The molecule has 0 aliphatic heterocycles. The van der Waals surface area contributed by atoms with Gasteiger partial charge in [0.1, 0.15) is 0 Å². The first-order valence-corrected chi connectivity index (χ1v) is 6.51. The number of benzene rings is 1. The van der Waals surface area contributed by atoms with E-state index in [1.807, 2.05) is 31.2 Å². The van der Waals surface area contributed by atoms with E-state index in [0.717, 1.165) is 24.1 Å². The molecule has 1 aromatic carbocycles. The van der Waals surface area contributed by atoms with Crippen LogP contribution in [0, 0.1) is 0 Å². The Labute approximate surface area is 114 Å². The molecule has 2 rings (SSSR count). The smallest absolute Gasteiger partial charge is 0.211 e. The van der Waals surface area contributed by atoms with E-state index in [2.05, 4.69) is 24.4 Å². The number of nitrogens with two attached hydrogens (primary N) is 1. The van der Waals surface area contributed by atoms with Crippen LogP contribution < -0.4 is 11.1 Å². The third-order valence-electron chi connectivity index (χ3n) is 3.73. The molecule has 19 heavy (non-hydrogen) atoms. The second-order valence-corrected chi connectivity index (χ2v) is 5.22. The summed E-state index contributed by atoms with van der Waals surface area (Å²) in [6, 6.07) is 7.68. The molecular weight excluding hydrogens is 236 g/mol. The first-order chi connectivity index (χ1) is 9.05. The van der Waals surface area contributed by atoms with Crippen molar-refractivity contribution < 1.29 is 4.79 Å². The van der Waals surface area contributed by atoms with Crippen LogP contribution in [0.3, 0.4) is 0 Å². The maximum Gasteiger partial charge on any atom is 0.211 e. The van der Waals surface area contributed by atoms with Crippen molar-refractivity contribution in [1.82, 2.24) is 0 Å². The summed E-state index contributed by atoms with van der Waals surface area (Å²) in [5.41, 5.74) is 10.3. The first kappa shape index (κ1) is 13.6. The zero-order valence-corrected chi connectivity index (χ0v) is 11.4. The van der Waals surface area contributed by atoms with Crippen LogP contribution >= 0.6 is 0 Å². The van der Waals surface area contributed by atoms with E-state index in [4.69, 9.17) is 5.73 Å². The Balaban J connectivity index is 2.42. The highest BCUT2D eigenvalue weighted by Crippen LogP contribution is 2.36. The largest absolute Gasteiger partial charge is 0.328 e. The Morgan fingerprint density at radius 2 is 2.00 bits per heavy atom. The fraction of sp³-hybridized carbons (Fsp3) is 0.312. The molecule has 0 bridgehead atoms. The van der Waals surface area contributed by atoms with Gasteiger partial charge in [0, 0.05) is 5.69 Å². The van der Waals surface area contributed by atoms with E-state index in [-0.39, 0.29) is 0 Å². The van der Waals surface area contributed by atoms with Crippen LogP contribution in [0.25, 0.3) is 0 Å². The number of carbonyl (C=O) groups is 1. The Bertz CT molecular complexity index is 541. The normalized spacial score (nSPS) is 18.1. The fourth-order valence-electron chi connectivity index (χ4n) is 2.47. The standard InChI is InChI=1S/C16H20N2O/c1-12-7-9-13(10-8-12)16(2,17)14-5-3-4-6-15(14)18-11-19/h3-7,9,11H,8,10,17H2,1-2H3,(H,18,19). The van der Waals surface area contributed by atoms with E-state index < -0.39 is 5.54 Å². The van der Waals surface area contributed by atoms with Gasteiger partial charge in [-0.25, -0.2) is 0 Å². The van der Waals surface area contributed by atoms with E-state index in [1.54, 1.807) is 0 Å². The lowest BCUT2D eigenvalue weighted by atomic mass is 9.79. The predicted molar refractivity (Wildman–Crippen MR) is 78.7 cm³/mol. The minimum absolute atomic E-state index is 0.566. The van der Waals surface area contributed by atoms with Gasteiger partial charge in [-0.3, -0.25) is 4.79 Å². The first-order valence-electron chi connectivity index (χ1n) is 6.51. The van der Waals surface area contributed by atoms with Gasteiger partial charge < -0.3 is 11.1 Å². The van der Waals surface area contributed by atoms with Gasteiger partial charge in [0.2, 0.25) is 6.41 Å². The lowest BCUT2D eigenvalue weighted by molar-refractivity contribution is -0.105. The summed E-state index contributed by atoms with van der Waals surface area (Å²) in [4.78, 5) is 10.7. The zero-order valence-electron chi connectivity index (χ0n) is 11.4. The summed E-state index contributed by atoms with van der Waals surface area (Å²) in [6.45, 7) is 4.13. The highest BCUT2D eigenvalue weighted by molar-refractivity contribution is 5.74. The number of amides is 1. The molecule has 1 aliphatic rings. The highest BCUT2D eigenvalue weighted by Gasteiger charge is 2.28. The van der Waals surface area contributed by atoms with E-state index in [9.17, 15) is 4.79 Å². The molecule has 0 saturated heterocycles. The average molecular weight is 256 g/mol. The van der Waals surface area contributed by atoms with Crippen LogP contribution in [0.15, 0.2) is 47.6 Å². The maximum absolute atomic E-state index is 10.7. The van der Waals surface area contributed by atoms with Gasteiger partial charge in [-0.05, 0) is 43.9 Å². The van der Waals surface area contributed by atoms with Crippen molar-refractivity contribution in [3.63, 3.8) is 0 Å². The highest BCUT2D eigenvalue weighted by atomic mass is 16.1. The van der Waals surface area contributed by atoms with Crippen LogP contribution in [0.2, 0.25) is 0 Å². The van der Waals surface area contributed by atoms with Gasteiger partial charge in [0.15, 0.2) is 0 Å². The van der Waals surface area contributed by atoms with Crippen LogP contribution in [0.4, 0.5) is 5.69 Å². The lowest BCUT2D eigenvalue weighted by Crippen LogP contribution is -2.36. The molecule has 0 aromatic heterocycles. The number of rotatable bonds is 4. The molecule has 0 saturated carbocycles. The van der Waals surface area contributed by atoms with E-state index >= 15 is 0 Å². The van der Waals surface area contributed by atoms with Gasteiger partial charge in [-0.2, -0.15) is 0 Å². The summed E-state index contributed by atoms with van der Waals surface area (Å²) in [5.74, 6) is 0. The fourth-order valence-corrected chi connectivity index (χ4v) is 2.47. The molecule has 3 heteroatoms. The Morgan fingerprint density at radius 1 is 1.26 bits per heavy atom. The van der Waals surface area contributed by atoms with Gasteiger partial charge in [0.05, 0.1) is 5.54 Å². The summed E-state index contributed by atoms with van der Waals surface area (Å²) in [7, 11) is 0. The summed E-state index contributed by atoms with van der Waals surface area (Å²) in [6.07, 6.45) is 6.93. The van der Waals surface area contributed by atoms with Crippen LogP contribution in [-0.2, 0) is 10.3 Å². The van der Waals surface area contributed by atoms with Gasteiger partial charge in [0.25, 0.3) is 0 Å². The van der Waals surface area contributed by atoms with Crippen molar-refractivity contribution >= 4 is 12.1 Å². The SMILES string of the molecule is CC1=CC=C(C(C)(N)c2ccccc2NC=O)CC1. The van der Waals surface area contributed by atoms with E-state index in [0.29, 0.717) is 6.41 Å². The number of hydrogen-bond donors (Lipinski definition) is 2. The number of carbonyl (C=O) groups excluding carboxylic acids is 1. The molecule has 0 heterocycles. The monoisotopic (exact) mass is 256 g/mol. The third-order valence-corrected chi connectivity index (χ3v) is 3.73. The maximum atomic E-state index is 10.7. The van der Waals surface area contributed by atoms with Crippen LogP contribution in [-0.4, -0.2) is 6.41 Å². The molecule has 100 valence electrons. The number of anilines is 1. The van der Waals surface area contributed by atoms with Crippen LogP contribution in [0.1, 0.15) is 32.3 Å². The lowest BCUT2D eigenvalue weighted by Gasteiger charge is -2.32. The number of nitrogens with one attached hydrogen (secondary N) is 1. The molecule has 1 aromatic rings. The number of allylic oxidation sites excluding steroid dienone is 3. The Hall–Kier alpha value is -1.87. The minimum atomic E-state index is -0.566. The van der Waals surface area contributed by atoms with Crippen LogP contribution in [0.5, 0.6) is 0 Å². The van der Waals surface area contributed by atoms with Crippen molar-refractivity contribution in [3.05, 3.63) is 53.1 Å². The number of hydrogen-bond acceptors (Lipinski definition) is 2. The van der Waals surface area contributed by atoms with Gasteiger partial charge >= 0.3 is 0 Å². The Kier molecular flexibility index (Phi) is 3.86. The molecule has 3 N–H and O–H groups in total. The summed E-state index contributed by atoms with van der Waals surface area (Å²) in [5, 5.41) is 2.73. The third kappa shape index (κ3) is 2.76. The molecule has 0 radical (unpaired) electrons. The van der Waals surface area contributed by atoms with Crippen molar-refractivity contribution in [1.29, 1.82) is 0 Å². The quantitative estimate of drug-likeness (QED) is 0.813. The second kappa shape index (κ2) is 5.41. The van der Waals surface area contributed by atoms with E-state index in [1.165, 1.54) is 11.1 Å². The van der Waals surface area contributed by atoms with Crippen molar-refractivity contribution in [2.45, 2.75) is 32.2 Å². The minimum Gasteiger partial charge on any atom is -0.328 e. The van der Waals surface area contributed by atoms with Crippen molar-refractivity contribution in [2.75, 3.05) is 5.32 Å². The molecule has 0 spiro atoms. The number of para-hydroxylation sites is 1. The second-order valence-electron chi connectivity index (χ2n) is 5.22. The topological polar surface area (TPSA) is 55.1 Å². The molecular formula is C16H20N2O. The molecule has 3 nitrogen and oxygen atoms in total. The zero-order chi connectivity index (χ0) is 13.9. The summed E-state index contributed by atoms with van der Waals surface area (Å²) >= 11 is 0. The molecule has 1 atom stereocenters. The molecule has 0 fully saturated rings. The van der Waals surface area contributed by atoms with Crippen molar-refractivity contribution in [3.8, 4) is 0 Å². The van der Waals surface area contributed by atoms with Crippen molar-refractivity contribution in [2.24, 2.45) is 5.73 Å². The molecule has 1 amide bonds. The molecule has 1 unspecified atom stereocenters. The van der Waals surface area contributed by atoms with Gasteiger partial charge in [-0.15, -0.1) is 0 Å².